The maximum Gasteiger partial charge on any atom is 0.320 e. The van der Waals surface area contributed by atoms with E-state index in [1.807, 2.05) is 0 Å². The van der Waals surface area contributed by atoms with Crippen molar-refractivity contribution >= 4 is 32.7 Å². The molecule has 158 valence electrons. The molecule has 3 aromatic rings. The highest BCUT2D eigenvalue weighted by molar-refractivity contribution is 7.88. The van der Waals surface area contributed by atoms with Crippen LogP contribution in [0.2, 0.25) is 0 Å². The summed E-state index contributed by atoms with van der Waals surface area (Å²) in [7, 11) is -3.47. The minimum Gasteiger partial charge on any atom is -0.325 e. The quantitative estimate of drug-likeness (QED) is 0.667. The topological polar surface area (TPSA) is 84.3 Å². The molecule has 0 aliphatic carbocycles. The highest BCUT2D eigenvalue weighted by atomic mass is 32.2. The fourth-order valence-electron chi connectivity index (χ4n) is 3.77. The molecule has 0 saturated carbocycles. The lowest BCUT2D eigenvalue weighted by Crippen LogP contribution is -2.42. The maximum absolute atomic E-state index is 13.6. The highest BCUT2D eigenvalue weighted by Crippen LogP contribution is 2.30. The van der Waals surface area contributed by atoms with Gasteiger partial charge in [0, 0.05) is 17.8 Å². The molecule has 1 atom stereocenters. The summed E-state index contributed by atoms with van der Waals surface area (Å²) in [5.41, 5.74) is 1.72. The van der Waals surface area contributed by atoms with E-state index in [2.05, 4.69) is 10.3 Å². The van der Waals surface area contributed by atoms with Crippen molar-refractivity contribution in [1.29, 1.82) is 0 Å². The Morgan fingerprint density at radius 3 is 2.53 bits per heavy atom. The number of sulfonamides is 1. The number of carbonyl (C=O) groups excluding carboxylic acids is 1. The molecule has 1 aliphatic heterocycles. The first kappa shape index (κ1) is 20.4. The van der Waals surface area contributed by atoms with Crippen LogP contribution < -0.4 is 5.32 Å². The number of anilines is 1. The van der Waals surface area contributed by atoms with Gasteiger partial charge in [0.1, 0.15) is 11.9 Å². The Morgan fingerprint density at radius 2 is 1.87 bits per heavy atom. The number of para-hydroxylation sites is 2. The molecule has 0 bridgehead atoms. The molecular formula is C20H20F2N4O3S. The van der Waals surface area contributed by atoms with Crippen LogP contribution in [-0.2, 0) is 14.8 Å². The number of benzene rings is 2. The molecule has 10 heteroatoms. The normalized spacial score (nSPS) is 17.7. The van der Waals surface area contributed by atoms with Crippen molar-refractivity contribution in [2.24, 2.45) is 0 Å². The second kappa shape index (κ2) is 7.77. The number of imidazole rings is 1. The van der Waals surface area contributed by atoms with E-state index in [4.69, 9.17) is 0 Å². The molecule has 1 fully saturated rings. The van der Waals surface area contributed by atoms with Gasteiger partial charge in [0.05, 0.1) is 17.3 Å². The van der Waals surface area contributed by atoms with Gasteiger partial charge in [-0.1, -0.05) is 12.1 Å². The van der Waals surface area contributed by atoms with Crippen molar-refractivity contribution in [2.75, 3.05) is 18.1 Å². The largest absolute Gasteiger partial charge is 0.325 e. The molecule has 30 heavy (non-hydrogen) atoms. The molecule has 7 nitrogen and oxygen atoms in total. The zero-order chi connectivity index (χ0) is 21.5. The van der Waals surface area contributed by atoms with Crippen LogP contribution in [-0.4, -0.2) is 47.0 Å². The number of rotatable bonds is 5. The predicted molar refractivity (Wildman–Crippen MR) is 110 cm³/mol. The second-order valence-electron chi connectivity index (χ2n) is 7.17. The molecule has 0 unspecified atom stereocenters. The number of alkyl halides is 2. The van der Waals surface area contributed by atoms with Crippen LogP contribution in [0.3, 0.4) is 0 Å². The van der Waals surface area contributed by atoms with Crippen molar-refractivity contribution in [2.45, 2.75) is 25.4 Å². The molecule has 2 heterocycles. The molecule has 1 aromatic heterocycles. The van der Waals surface area contributed by atoms with Crippen molar-refractivity contribution in [3.63, 3.8) is 0 Å². The predicted octanol–water partition coefficient (Wildman–Crippen LogP) is 3.46. The Bertz CT molecular complexity index is 1190. The van der Waals surface area contributed by atoms with E-state index in [1.54, 1.807) is 48.5 Å². The van der Waals surface area contributed by atoms with Crippen LogP contribution in [0, 0.1) is 0 Å². The van der Waals surface area contributed by atoms with Crippen LogP contribution in [0.5, 0.6) is 0 Å². The second-order valence-corrected chi connectivity index (χ2v) is 9.11. The van der Waals surface area contributed by atoms with Gasteiger partial charge in [-0.05, 0) is 49.2 Å². The fraction of sp³-hybridized carbons (Fsp3) is 0.300. The van der Waals surface area contributed by atoms with E-state index in [-0.39, 0.29) is 5.82 Å². The third-order valence-electron chi connectivity index (χ3n) is 5.13. The van der Waals surface area contributed by atoms with Crippen molar-refractivity contribution < 1.29 is 22.0 Å². The van der Waals surface area contributed by atoms with Gasteiger partial charge >= 0.3 is 6.55 Å². The minimum absolute atomic E-state index is 0.128. The summed E-state index contributed by atoms with van der Waals surface area (Å²) in [4.78, 5) is 16.9. The average Bonchev–Trinajstić information content (AvgIpc) is 3.33. The van der Waals surface area contributed by atoms with Crippen molar-refractivity contribution in [1.82, 2.24) is 13.9 Å². The van der Waals surface area contributed by atoms with Crippen LogP contribution >= 0.6 is 0 Å². The molecular weight excluding hydrogens is 414 g/mol. The van der Waals surface area contributed by atoms with Crippen molar-refractivity contribution in [3.05, 3.63) is 48.5 Å². The highest BCUT2D eigenvalue weighted by Gasteiger charge is 2.36. The molecule has 1 N–H and O–H groups in total. The number of amides is 1. The zero-order valence-corrected chi connectivity index (χ0v) is 16.9. The molecule has 0 radical (unpaired) electrons. The fourth-order valence-corrected chi connectivity index (χ4v) is 4.90. The monoisotopic (exact) mass is 434 g/mol. The SMILES string of the molecule is CS(=O)(=O)N1CCC[C@H]1C(=O)Nc1ccc(-c2nc3ccccc3n2C(F)F)cc1. The van der Waals surface area contributed by atoms with Crippen molar-refractivity contribution in [3.8, 4) is 11.4 Å². The number of halogens is 2. The van der Waals surface area contributed by atoms with E-state index in [1.165, 1.54) is 4.31 Å². The number of fused-ring (bicyclic) bond motifs is 1. The van der Waals surface area contributed by atoms with E-state index >= 15 is 0 Å². The lowest BCUT2D eigenvalue weighted by molar-refractivity contribution is -0.119. The smallest absolute Gasteiger partial charge is 0.320 e. The van der Waals surface area contributed by atoms with E-state index in [0.717, 1.165) is 10.8 Å². The number of hydrogen-bond donors (Lipinski definition) is 1. The Balaban J connectivity index is 1.58. The van der Waals surface area contributed by atoms with Crippen LogP contribution in [0.4, 0.5) is 14.5 Å². The number of nitrogens with zero attached hydrogens (tertiary/aromatic N) is 3. The van der Waals surface area contributed by atoms with Crippen LogP contribution in [0.1, 0.15) is 19.4 Å². The standard InChI is InChI=1S/C20H20F2N4O3S/c1-30(28,29)25-12-4-7-17(25)19(27)23-14-10-8-13(9-11-14)18-24-15-5-2-3-6-16(15)26(18)20(21)22/h2-3,5-6,8-11,17,20H,4,7,12H2,1H3,(H,23,27)/t17-/m0/s1. The minimum atomic E-state index is -3.47. The van der Waals surface area contributed by atoms with Crippen LogP contribution in [0.25, 0.3) is 22.4 Å². The Labute approximate surface area is 172 Å². The van der Waals surface area contributed by atoms with Gasteiger partial charge in [0.25, 0.3) is 0 Å². The number of aromatic nitrogens is 2. The molecule has 1 saturated heterocycles. The van der Waals surface area contributed by atoms with E-state index in [0.29, 0.717) is 41.7 Å². The first-order valence-corrected chi connectivity index (χ1v) is 11.2. The lowest BCUT2D eigenvalue weighted by atomic mass is 10.1. The van der Waals surface area contributed by atoms with Gasteiger partial charge in [-0.15, -0.1) is 0 Å². The van der Waals surface area contributed by atoms with Gasteiger partial charge in [-0.3, -0.25) is 9.36 Å². The summed E-state index contributed by atoms with van der Waals surface area (Å²) < 4.78 is 53.0. The third kappa shape index (κ3) is 3.80. The van der Waals surface area contributed by atoms with E-state index in [9.17, 15) is 22.0 Å². The summed E-state index contributed by atoms with van der Waals surface area (Å²) >= 11 is 0. The summed E-state index contributed by atoms with van der Waals surface area (Å²) in [6.45, 7) is -2.43. The Hall–Kier alpha value is -2.85. The number of nitrogens with one attached hydrogen (secondary N) is 1. The van der Waals surface area contributed by atoms with Gasteiger partial charge in [0.15, 0.2) is 0 Å². The van der Waals surface area contributed by atoms with Gasteiger partial charge in [-0.2, -0.15) is 13.1 Å². The first-order valence-electron chi connectivity index (χ1n) is 9.39. The average molecular weight is 434 g/mol. The Kier molecular flexibility index (Phi) is 5.29. The molecule has 2 aromatic carbocycles. The lowest BCUT2D eigenvalue weighted by Gasteiger charge is -2.21. The maximum atomic E-state index is 13.6. The van der Waals surface area contributed by atoms with Gasteiger partial charge in [-0.25, -0.2) is 13.4 Å². The Morgan fingerprint density at radius 1 is 1.17 bits per heavy atom. The summed E-state index contributed by atoms with van der Waals surface area (Å²) in [5, 5.41) is 2.71. The zero-order valence-electron chi connectivity index (χ0n) is 16.1. The first-order chi connectivity index (χ1) is 14.3. The van der Waals surface area contributed by atoms with Gasteiger partial charge < -0.3 is 5.32 Å². The molecule has 0 spiro atoms. The van der Waals surface area contributed by atoms with Gasteiger partial charge in [0.2, 0.25) is 15.9 Å². The van der Waals surface area contributed by atoms with Crippen LogP contribution in [0.15, 0.2) is 48.5 Å². The molecule has 1 amide bonds. The summed E-state index contributed by atoms with van der Waals surface area (Å²) in [5.74, 6) is -0.284. The summed E-state index contributed by atoms with van der Waals surface area (Å²) in [6, 6.07) is 12.3. The summed E-state index contributed by atoms with van der Waals surface area (Å²) in [6.07, 6.45) is 2.16. The van der Waals surface area contributed by atoms with E-state index < -0.39 is 28.5 Å². The third-order valence-corrected chi connectivity index (χ3v) is 6.42. The number of carbonyl (C=O) groups is 1. The molecule has 4 rings (SSSR count). The number of hydrogen-bond acceptors (Lipinski definition) is 4. The molecule has 1 aliphatic rings.